The summed E-state index contributed by atoms with van der Waals surface area (Å²) in [5.41, 5.74) is 1.60. The molecule has 6 nitrogen and oxygen atoms in total. The highest BCUT2D eigenvalue weighted by molar-refractivity contribution is 6.30. The lowest BCUT2D eigenvalue weighted by atomic mass is 10.2. The minimum atomic E-state index is -0.260. The van der Waals surface area contributed by atoms with Crippen LogP contribution in [0.2, 0.25) is 5.02 Å². The van der Waals surface area contributed by atoms with Crippen LogP contribution in [0.4, 0.5) is 5.69 Å². The van der Waals surface area contributed by atoms with Crippen molar-refractivity contribution in [2.45, 2.75) is 0 Å². The summed E-state index contributed by atoms with van der Waals surface area (Å²) >= 11 is 5.78. The van der Waals surface area contributed by atoms with Crippen LogP contribution in [-0.2, 0) is 4.79 Å². The van der Waals surface area contributed by atoms with Crippen LogP contribution in [0, 0.1) is 0 Å². The number of carbonyl (C=O) groups is 2. The van der Waals surface area contributed by atoms with Gasteiger partial charge in [-0.05, 0) is 48.5 Å². The molecule has 0 spiro atoms. The van der Waals surface area contributed by atoms with Gasteiger partial charge in [0, 0.05) is 43.5 Å². The lowest BCUT2D eigenvalue weighted by Gasteiger charge is -2.12. The van der Waals surface area contributed by atoms with E-state index in [4.69, 9.17) is 16.3 Å². The molecular formula is C19H22ClN3O3. The SMILES string of the molecule is CN(C)c1ccc(C(=O)NCCNC(=O)COc2ccc(Cl)cc2)cc1. The first-order chi connectivity index (χ1) is 12.5. The smallest absolute Gasteiger partial charge is 0.258 e. The molecule has 2 aromatic carbocycles. The highest BCUT2D eigenvalue weighted by atomic mass is 35.5. The molecule has 0 aliphatic carbocycles. The molecule has 0 fully saturated rings. The predicted octanol–water partition coefficient (Wildman–Crippen LogP) is 2.33. The summed E-state index contributed by atoms with van der Waals surface area (Å²) in [6.07, 6.45) is 0. The fourth-order valence-corrected chi connectivity index (χ4v) is 2.25. The molecule has 2 N–H and O–H groups in total. The summed E-state index contributed by atoms with van der Waals surface area (Å²) < 4.78 is 5.34. The normalized spacial score (nSPS) is 10.1. The van der Waals surface area contributed by atoms with Crippen LogP contribution in [0.15, 0.2) is 48.5 Å². The second-order valence-electron chi connectivity index (χ2n) is 5.79. The van der Waals surface area contributed by atoms with Crippen molar-refractivity contribution in [1.29, 1.82) is 0 Å². The van der Waals surface area contributed by atoms with E-state index >= 15 is 0 Å². The Bertz CT molecular complexity index is 731. The van der Waals surface area contributed by atoms with E-state index in [0.717, 1.165) is 5.69 Å². The van der Waals surface area contributed by atoms with E-state index in [1.165, 1.54) is 0 Å². The molecule has 0 bridgehead atoms. The van der Waals surface area contributed by atoms with Crippen molar-refractivity contribution in [3.05, 3.63) is 59.1 Å². The summed E-state index contributed by atoms with van der Waals surface area (Å²) in [5.74, 6) is 0.130. The number of rotatable bonds is 8. The first-order valence-corrected chi connectivity index (χ1v) is 8.54. The molecule has 0 aliphatic rings. The molecule has 0 unspecified atom stereocenters. The third-order valence-corrected chi connectivity index (χ3v) is 3.81. The van der Waals surface area contributed by atoms with Crippen molar-refractivity contribution in [2.75, 3.05) is 38.7 Å². The van der Waals surface area contributed by atoms with Crippen LogP contribution in [0.5, 0.6) is 5.75 Å². The van der Waals surface area contributed by atoms with Gasteiger partial charge in [0.15, 0.2) is 6.61 Å². The van der Waals surface area contributed by atoms with Crippen molar-refractivity contribution < 1.29 is 14.3 Å². The van der Waals surface area contributed by atoms with E-state index in [1.54, 1.807) is 36.4 Å². The molecule has 0 aliphatic heterocycles. The van der Waals surface area contributed by atoms with Crippen molar-refractivity contribution in [2.24, 2.45) is 0 Å². The molecular weight excluding hydrogens is 354 g/mol. The minimum absolute atomic E-state index is 0.0957. The lowest BCUT2D eigenvalue weighted by molar-refractivity contribution is -0.123. The number of amides is 2. The zero-order valence-electron chi connectivity index (χ0n) is 14.8. The van der Waals surface area contributed by atoms with Crippen LogP contribution in [-0.4, -0.2) is 45.6 Å². The number of benzene rings is 2. The Hall–Kier alpha value is -2.73. The number of halogens is 1. The van der Waals surface area contributed by atoms with Crippen LogP contribution in [0.3, 0.4) is 0 Å². The quantitative estimate of drug-likeness (QED) is 0.695. The van der Waals surface area contributed by atoms with Crippen molar-refractivity contribution in [3.63, 3.8) is 0 Å². The minimum Gasteiger partial charge on any atom is -0.484 e. The summed E-state index contributed by atoms with van der Waals surface area (Å²) in [6.45, 7) is 0.562. The van der Waals surface area contributed by atoms with E-state index < -0.39 is 0 Å². The standard InChI is InChI=1S/C19H22ClN3O3/c1-23(2)16-7-3-14(4-8-16)19(25)22-12-11-21-18(24)13-26-17-9-5-15(20)6-10-17/h3-10H,11-13H2,1-2H3,(H,21,24)(H,22,25). The second kappa shape index (κ2) is 9.68. The monoisotopic (exact) mass is 375 g/mol. The molecule has 0 radical (unpaired) electrons. The van der Waals surface area contributed by atoms with Gasteiger partial charge in [-0.2, -0.15) is 0 Å². The zero-order chi connectivity index (χ0) is 18.9. The lowest BCUT2D eigenvalue weighted by Crippen LogP contribution is -2.36. The Kier molecular flexibility index (Phi) is 7.29. The summed E-state index contributed by atoms with van der Waals surface area (Å²) in [4.78, 5) is 25.7. The van der Waals surface area contributed by atoms with Gasteiger partial charge in [0.1, 0.15) is 5.75 Å². The number of ether oxygens (including phenoxy) is 1. The highest BCUT2D eigenvalue weighted by Crippen LogP contribution is 2.15. The maximum atomic E-state index is 12.0. The molecule has 7 heteroatoms. The molecule has 2 aromatic rings. The van der Waals surface area contributed by atoms with E-state index in [2.05, 4.69) is 10.6 Å². The first-order valence-electron chi connectivity index (χ1n) is 8.16. The van der Waals surface area contributed by atoms with Gasteiger partial charge in [0.05, 0.1) is 0 Å². The van der Waals surface area contributed by atoms with Gasteiger partial charge in [0.25, 0.3) is 11.8 Å². The van der Waals surface area contributed by atoms with E-state index in [0.29, 0.717) is 29.4 Å². The molecule has 2 rings (SSSR count). The van der Waals surface area contributed by atoms with Crippen molar-refractivity contribution in [1.82, 2.24) is 10.6 Å². The molecule has 0 atom stereocenters. The third kappa shape index (κ3) is 6.29. The zero-order valence-corrected chi connectivity index (χ0v) is 15.5. The Labute approximate surface area is 158 Å². The first kappa shape index (κ1) is 19.6. The van der Waals surface area contributed by atoms with E-state index in [9.17, 15) is 9.59 Å². The fraction of sp³-hybridized carbons (Fsp3) is 0.263. The van der Waals surface area contributed by atoms with E-state index in [1.807, 2.05) is 31.1 Å². The summed E-state index contributed by atoms with van der Waals surface area (Å²) in [5, 5.41) is 6.05. The van der Waals surface area contributed by atoms with Gasteiger partial charge in [0.2, 0.25) is 0 Å². The van der Waals surface area contributed by atoms with Gasteiger partial charge in [-0.1, -0.05) is 11.6 Å². The topological polar surface area (TPSA) is 70.7 Å². The molecule has 2 amide bonds. The number of nitrogens with one attached hydrogen (secondary N) is 2. The number of anilines is 1. The number of hydrogen-bond acceptors (Lipinski definition) is 4. The maximum Gasteiger partial charge on any atom is 0.258 e. The molecule has 138 valence electrons. The Balaban J connectivity index is 1.65. The third-order valence-electron chi connectivity index (χ3n) is 3.56. The Morgan fingerprint density at radius 3 is 2.19 bits per heavy atom. The fourth-order valence-electron chi connectivity index (χ4n) is 2.12. The van der Waals surface area contributed by atoms with E-state index in [-0.39, 0.29) is 18.4 Å². The summed E-state index contributed by atoms with van der Waals surface area (Å²) in [7, 11) is 3.88. The Morgan fingerprint density at radius 2 is 1.58 bits per heavy atom. The van der Waals surface area contributed by atoms with Crippen LogP contribution in [0.25, 0.3) is 0 Å². The van der Waals surface area contributed by atoms with Gasteiger partial charge in [-0.25, -0.2) is 0 Å². The van der Waals surface area contributed by atoms with Crippen LogP contribution in [0.1, 0.15) is 10.4 Å². The van der Waals surface area contributed by atoms with Gasteiger partial charge < -0.3 is 20.3 Å². The number of carbonyl (C=O) groups excluding carboxylic acids is 2. The number of nitrogens with zero attached hydrogens (tertiary/aromatic N) is 1. The largest absolute Gasteiger partial charge is 0.484 e. The van der Waals surface area contributed by atoms with Gasteiger partial charge in [-0.15, -0.1) is 0 Å². The summed E-state index contributed by atoms with van der Waals surface area (Å²) in [6, 6.07) is 14.1. The molecule has 26 heavy (non-hydrogen) atoms. The number of hydrogen-bond donors (Lipinski definition) is 2. The molecule has 0 saturated carbocycles. The molecule has 0 heterocycles. The van der Waals surface area contributed by atoms with Crippen LogP contribution >= 0.6 is 11.6 Å². The van der Waals surface area contributed by atoms with Crippen molar-refractivity contribution >= 4 is 29.1 Å². The van der Waals surface area contributed by atoms with Crippen molar-refractivity contribution in [3.8, 4) is 5.75 Å². The van der Waals surface area contributed by atoms with Gasteiger partial charge >= 0.3 is 0 Å². The maximum absolute atomic E-state index is 12.0. The van der Waals surface area contributed by atoms with Gasteiger partial charge in [-0.3, -0.25) is 9.59 Å². The molecule has 0 aromatic heterocycles. The highest BCUT2D eigenvalue weighted by Gasteiger charge is 2.06. The molecule has 0 saturated heterocycles. The predicted molar refractivity (Wildman–Crippen MR) is 103 cm³/mol. The average Bonchev–Trinajstić information content (AvgIpc) is 2.64. The Morgan fingerprint density at radius 1 is 0.962 bits per heavy atom. The van der Waals surface area contributed by atoms with Crippen LogP contribution < -0.4 is 20.3 Å². The average molecular weight is 376 g/mol. The second-order valence-corrected chi connectivity index (χ2v) is 6.23.